The van der Waals surface area contributed by atoms with Crippen molar-refractivity contribution in [3.05, 3.63) is 65.7 Å². The highest BCUT2D eigenvalue weighted by Gasteiger charge is 2.66. The minimum Gasteiger partial charge on any atom is -0.469 e. The van der Waals surface area contributed by atoms with Crippen LogP contribution in [0.1, 0.15) is 38.3 Å². The summed E-state index contributed by atoms with van der Waals surface area (Å²) in [7, 11) is 1.32. The lowest BCUT2D eigenvalue weighted by Crippen LogP contribution is -2.59. The molecule has 170 valence electrons. The van der Waals surface area contributed by atoms with Gasteiger partial charge in [-0.25, -0.2) is 9.69 Å². The molecule has 1 spiro atoms. The highest BCUT2D eigenvalue weighted by atomic mass is 16.6. The first kappa shape index (κ1) is 21.2. The number of methoxy groups -OCH3 is 1. The second-order valence-corrected chi connectivity index (χ2v) is 9.60. The predicted octanol–water partition coefficient (Wildman–Crippen LogP) is 4.28. The fraction of sp³-hybridized carbons (Fsp3) is 0.346. The van der Waals surface area contributed by atoms with Gasteiger partial charge in [0.15, 0.2) is 0 Å². The monoisotopic (exact) mass is 446 g/mol. The molecule has 2 aliphatic heterocycles. The second-order valence-electron chi connectivity index (χ2n) is 9.60. The number of anilines is 2. The molecule has 1 aliphatic carbocycles. The number of hydrogen-bond donors (Lipinski definition) is 1. The van der Waals surface area contributed by atoms with Crippen molar-refractivity contribution in [3.63, 3.8) is 0 Å². The summed E-state index contributed by atoms with van der Waals surface area (Å²) >= 11 is 0. The van der Waals surface area contributed by atoms with Crippen LogP contribution >= 0.6 is 0 Å². The fourth-order valence-electron chi connectivity index (χ4n) is 5.43. The number of amides is 2. The molecule has 0 radical (unpaired) electrons. The van der Waals surface area contributed by atoms with Gasteiger partial charge in [0.2, 0.25) is 0 Å². The molecule has 0 bridgehead atoms. The fourth-order valence-corrected chi connectivity index (χ4v) is 5.43. The van der Waals surface area contributed by atoms with Gasteiger partial charge in [0.1, 0.15) is 11.0 Å². The first-order chi connectivity index (χ1) is 15.7. The van der Waals surface area contributed by atoms with Crippen LogP contribution in [0.4, 0.5) is 16.2 Å². The highest BCUT2D eigenvalue weighted by Crippen LogP contribution is 2.58. The quantitative estimate of drug-likeness (QED) is 0.659. The van der Waals surface area contributed by atoms with Gasteiger partial charge in [-0.15, -0.1) is 0 Å². The number of nitrogens with zero attached hydrogens (tertiary/aromatic N) is 1. The van der Waals surface area contributed by atoms with E-state index in [0.717, 1.165) is 21.7 Å². The molecule has 1 N–H and O–H groups in total. The van der Waals surface area contributed by atoms with E-state index in [1.54, 1.807) is 32.9 Å². The van der Waals surface area contributed by atoms with Crippen molar-refractivity contribution >= 4 is 34.9 Å². The smallest absolute Gasteiger partial charge is 0.421 e. The Hall–Kier alpha value is -3.61. The molecule has 0 aromatic heterocycles. The van der Waals surface area contributed by atoms with Gasteiger partial charge in [-0.1, -0.05) is 42.5 Å². The summed E-state index contributed by atoms with van der Waals surface area (Å²) in [6.45, 7) is 5.25. The Morgan fingerprint density at radius 3 is 2.52 bits per heavy atom. The summed E-state index contributed by atoms with van der Waals surface area (Å²) in [4.78, 5) is 41.8. The molecule has 2 aromatic rings. The number of fused-ring (bicyclic) bond motifs is 6. The van der Waals surface area contributed by atoms with Gasteiger partial charge in [-0.2, -0.15) is 0 Å². The van der Waals surface area contributed by atoms with E-state index in [9.17, 15) is 14.4 Å². The van der Waals surface area contributed by atoms with Crippen LogP contribution in [0.15, 0.2) is 54.6 Å². The first-order valence-corrected chi connectivity index (χ1v) is 11.0. The lowest BCUT2D eigenvalue weighted by molar-refractivity contribution is -0.151. The van der Waals surface area contributed by atoms with Crippen molar-refractivity contribution in [2.45, 2.75) is 44.2 Å². The Balaban J connectivity index is 1.73. The number of carbonyl (C=O) groups is 3. The van der Waals surface area contributed by atoms with Gasteiger partial charge >= 0.3 is 12.1 Å². The van der Waals surface area contributed by atoms with Crippen LogP contribution in [0.5, 0.6) is 0 Å². The predicted molar refractivity (Wildman–Crippen MR) is 124 cm³/mol. The molecule has 3 atom stereocenters. The van der Waals surface area contributed by atoms with Crippen molar-refractivity contribution < 1.29 is 23.9 Å². The van der Waals surface area contributed by atoms with Crippen LogP contribution in [0.2, 0.25) is 0 Å². The normalized spacial score (nSPS) is 25.0. The second kappa shape index (κ2) is 7.20. The van der Waals surface area contributed by atoms with E-state index >= 15 is 0 Å². The SMILES string of the molecule is COC(=O)C1CC=C2c3ccccc3NC2C12C(=O)N(C(=O)OC(C)(C)C)c1ccccc12. The molecular weight excluding hydrogens is 420 g/mol. The third-order valence-electron chi connectivity index (χ3n) is 6.64. The van der Waals surface area contributed by atoms with Crippen LogP contribution in [0.3, 0.4) is 0 Å². The van der Waals surface area contributed by atoms with E-state index in [0.29, 0.717) is 17.7 Å². The number of rotatable bonds is 1. The number of imide groups is 1. The van der Waals surface area contributed by atoms with Crippen molar-refractivity contribution in [3.8, 4) is 0 Å². The van der Waals surface area contributed by atoms with Crippen LogP contribution in [0.25, 0.3) is 5.57 Å². The van der Waals surface area contributed by atoms with Crippen LogP contribution in [-0.2, 0) is 24.5 Å². The minimum atomic E-state index is -1.36. The number of para-hydroxylation sites is 2. The maximum atomic E-state index is 14.3. The van der Waals surface area contributed by atoms with E-state index < -0.39 is 40.9 Å². The molecular formula is C26H26N2O5. The average Bonchev–Trinajstić information content (AvgIpc) is 3.27. The number of hydrogen-bond acceptors (Lipinski definition) is 6. The first-order valence-electron chi connectivity index (χ1n) is 11.0. The Bertz CT molecular complexity index is 1210. The Morgan fingerprint density at radius 1 is 1.09 bits per heavy atom. The lowest BCUT2D eigenvalue weighted by atomic mass is 9.60. The molecule has 2 aromatic carbocycles. The molecule has 3 unspecified atom stereocenters. The zero-order valence-corrected chi connectivity index (χ0v) is 19.0. The molecule has 33 heavy (non-hydrogen) atoms. The van der Waals surface area contributed by atoms with E-state index in [4.69, 9.17) is 9.47 Å². The molecule has 2 heterocycles. The molecule has 5 rings (SSSR count). The van der Waals surface area contributed by atoms with E-state index in [2.05, 4.69) is 5.32 Å². The Morgan fingerprint density at radius 2 is 1.79 bits per heavy atom. The van der Waals surface area contributed by atoms with E-state index in [-0.39, 0.29) is 0 Å². The average molecular weight is 447 g/mol. The molecule has 7 nitrogen and oxygen atoms in total. The summed E-state index contributed by atoms with van der Waals surface area (Å²) in [6, 6.07) is 14.4. The number of nitrogens with one attached hydrogen (secondary N) is 1. The number of esters is 1. The van der Waals surface area contributed by atoms with Gasteiger partial charge in [0.05, 0.1) is 24.8 Å². The topological polar surface area (TPSA) is 84.9 Å². The van der Waals surface area contributed by atoms with Gasteiger partial charge in [0, 0.05) is 11.3 Å². The van der Waals surface area contributed by atoms with Crippen LogP contribution in [0, 0.1) is 5.92 Å². The standard InChI is InChI=1S/C26H26N2O5/c1-25(2,3)33-24(31)28-20-12-8-6-10-17(20)26(23(28)30)18(22(29)32-4)14-13-16-15-9-5-7-11-19(15)27-21(16)26/h5-13,18,21,27H,14H2,1-4H3. The number of ether oxygens (including phenoxy) is 2. The third-order valence-corrected chi connectivity index (χ3v) is 6.64. The summed E-state index contributed by atoms with van der Waals surface area (Å²) in [5, 5.41) is 3.48. The third kappa shape index (κ3) is 2.91. The Kier molecular flexibility index (Phi) is 4.64. The summed E-state index contributed by atoms with van der Waals surface area (Å²) < 4.78 is 10.8. The minimum absolute atomic E-state index is 0.316. The summed E-state index contributed by atoms with van der Waals surface area (Å²) in [6.07, 6.45) is 1.56. The van der Waals surface area contributed by atoms with Crippen LogP contribution < -0.4 is 10.2 Å². The zero-order chi connectivity index (χ0) is 23.5. The van der Waals surface area contributed by atoms with Crippen LogP contribution in [-0.4, -0.2) is 36.7 Å². The van der Waals surface area contributed by atoms with E-state index in [1.165, 1.54) is 7.11 Å². The Labute approximate surface area is 192 Å². The maximum Gasteiger partial charge on any atom is 0.421 e. The van der Waals surface area contributed by atoms with Gasteiger partial charge in [-0.05, 0) is 50.5 Å². The maximum absolute atomic E-state index is 14.3. The zero-order valence-electron chi connectivity index (χ0n) is 19.0. The van der Waals surface area contributed by atoms with Crippen molar-refractivity contribution in [1.29, 1.82) is 0 Å². The molecule has 0 saturated heterocycles. The number of benzene rings is 2. The number of allylic oxidation sites excluding steroid dienone is 1. The number of carbonyl (C=O) groups excluding carboxylic acids is 3. The lowest BCUT2D eigenvalue weighted by Gasteiger charge is -2.42. The molecule has 7 heteroatoms. The van der Waals surface area contributed by atoms with Gasteiger partial charge in [-0.3, -0.25) is 9.59 Å². The molecule has 0 saturated carbocycles. The molecule has 2 amide bonds. The van der Waals surface area contributed by atoms with Crippen molar-refractivity contribution in [2.24, 2.45) is 5.92 Å². The highest BCUT2D eigenvalue weighted by molar-refractivity contribution is 6.24. The molecule has 0 fully saturated rings. The summed E-state index contributed by atoms with van der Waals surface area (Å²) in [5.41, 5.74) is 1.73. The van der Waals surface area contributed by atoms with Crippen molar-refractivity contribution in [2.75, 3.05) is 17.3 Å². The summed E-state index contributed by atoms with van der Waals surface area (Å²) in [5.74, 6) is -1.78. The van der Waals surface area contributed by atoms with Gasteiger partial charge < -0.3 is 14.8 Å². The largest absolute Gasteiger partial charge is 0.469 e. The molecule has 3 aliphatic rings. The van der Waals surface area contributed by atoms with Crippen molar-refractivity contribution in [1.82, 2.24) is 0 Å². The van der Waals surface area contributed by atoms with Gasteiger partial charge in [0.25, 0.3) is 5.91 Å². The van der Waals surface area contributed by atoms with E-state index in [1.807, 2.05) is 42.5 Å².